The van der Waals surface area contributed by atoms with Crippen LogP contribution in [0.1, 0.15) is 38.8 Å². The molecule has 1 atom stereocenters. The SMILES string of the molecule is Cc1ccccc1[C@H]1CC(c2ccccc2NS(C)(=O)=O)=NN1C(=O)c1cccs1. The lowest BCUT2D eigenvalue weighted by Gasteiger charge is -2.23. The highest BCUT2D eigenvalue weighted by Gasteiger charge is 2.35. The second kappa shape index (κ2) is 8.04. The Labute approximate surface area is 179 Å². The number of sulfonamides is 1. The van der Waals surface area contributed by atoms with Crippen LogP contribution in [0.2, 0.25) is 0 Å². The van der Waals surface area contributed by atoms with E-state index in [1.165, 1.54) is 16.3 Å². The highest BCUT2D eigenvalue weighted by Crippen LogP contribution is 2.37. The Morgan fingerprint density at radius 3 is 2.53 bits per heavy atom. The average Bonchev–Trinajstić information content (AvgIpc) is 3.37. The summed E-state index contributed by atoms with van der Waals surface area (Å²) in [7, 11) is -3.45. The van der Waals surface area contributed by atoms with E-state index in [0.29, 0.717) is 28.3 Å². The van der Waals surface area contributed by atoms with Gasteiger partial charge in [-0.3, -0.25) is 9.52 Å². The first-order chi connectivity index (χ1) is 14.3. The van der Waals surface area contributed by atoms with Crippen LogP contribution in [-0.2, 0) is 10.0 Å². The number of hydrazone groups is 1. The summed E-state index contributed by atoms with van der Waals surface area (Å²) in [6.45, 7) is 2.01. The first-order valence-corrected chi connectivity index (χ1v) is 12.2. The number of para-hydroxylation sites is 1. The van der Waals surface area contributed by atoms with Gasteiger partial charge in [-0.1, -0.05) is 48.5 Å². The molecule has 154 valence electrons. The number of carbonyl (C=O) groups is 1. The molecule has 6 nitrogen and oxygen atoms in total. The molecule has 0 saturated carbocycles. The number of anilines is 1. The van der Waals surface area contributed by atoms with Crippen LogP contribution in [0.4, 0.5) is 5.69 Å². The fourth-order valence-corrected chi connectivity index (χ4v) is 4.83. The van der Waals surface area contributed by atoms with Crippen molar-refractivity contribution in [3.8, 4) is 0 Å². The van der Waals surface area contributed by atoms with Crippen molar-refractivity contribution in [2.75, 3.05) is 11.0 Å². The van der Waals surface area contributed by atoms with Crippen LogP contribution >= 0.6 is 11.3 Å². The topological polar surface area (TPSA) is 78.8 Å². The largest absolute Gasteiger partial charge is 0.284 e. The molecule has 0 radical (unpaired) electrons. The summed E-state index contributed by atoms with van der Waals surface area (Å²) in [5, 5.41) is 8.07. The Bertz CT molecular complexity index is 1220. The zero-order chi connectivity index (χ0) is 21.3. The number of hydrogen-bond acceptors (Lipinski definition) is 5. The summed E-state index contributed by atoms with van der Waals surface area (Å²) in [6.07, 6.45) is 1.60. The van der Waals surface area contributed by atoms with Crippen molar-refractivity contribution in [3.05, 3.63) is 87.6 Å². The molecule has 1 aliphatic rings. The number of aryl methyl sites for hydroxylation is 1. The second-order valence-corrected chi connectivity index (χ2v) is 9.87. The van der Waals surface area contributed by atoms with E-state index in [-0.39, 0.29) is 11.9 Å². The molecule has 1 aromatic heterocycles. The van der Waals surface area contributed by atoms with Crippen molar-refractivity contribution in [3.63, 3.8) is 0 Å². The molecule has 1 N–H and O–H groups in total. The minimum absolute atomic E-state index is 0.165. The van der Waals surface area contributed by atoms with Crippen LogP contribution in [0, 0.1) is 6.92 Å². The third-order valence-corrected chi connectivity index (χ3v) is 6.38. The predicted molar refractivity (Wildman–Crippen MR) is 120 cm³/mol. The monoisotopic (exact) mass is 439 g/mol. The number of hydrogen-bond donors (Lipinski definition) is 1. The fourth-order valence-electron chi connectivity index (χ4n) is 3.60. The van der Waals surface area contributed by atoms with Crippen molar-refractivity contribution < 1.29 is 13.2 Å². The number of nitrogens with zero attached hydrogens (tertiary/aromatic N) is 2. The van der Waals surface area contributed by atoms with Crippen molar-refractivity contribution >= 4 is 38.7 Å². The van der Waals surface area contributed by atoms with Crippen molar-refractivity contribution in [1.82, 2.24) is 5.01 Å². The van der Waals surface area contributed by atoms with Gasteiger partial charge in [0.05, 0.1) is 28.6 Å². The summed E-state index contributed by atoms with van der Waals surface area (Å²) in [6, 6.07) is 18.4. The molecule has 3 aromatic rings. The molecule has 0 unspecified atom stereocenters. The number of nitrogens with one attached hydrogen (secondary N) is 1. The Hall–Kier alpha value is -2.97. The van der Waals surface area contributed by atoms with Gasteiger partial charge < -0.3 is 0 Å². The average molecular weight is 440 g/mol. The zero-order valence-corrected chi connectivity index (χ0v) is 18.2. The molecule has 0 fully saturated rings. The highest BCUT2D eigenvalue weighted by atomic mass is 32.2. The first-order valence-electron chi connectivity index (χ1n) is 9.41. The van der Waals surface area contributed by atoms with Gasteiger partial charge in [0, 0.05) is 12.0 Å². The Morgan fingerprint density at radius 2 is 1.83 bits per heavy atom. The van der Waals surface area contributed by atoms with E-state index in [2.05, 4.69) is 9.82 Å². The van der Waals surface area contributed by atoms with E-state index in [1.807, 2.05) is 54.8 Å². The molecule has 8 heteroatoms. The van der Waals surface area contributed by atoms with Crippen molar-refractivity contribution in [2.24, 2.45) is 5.10 Å². The third kappa shape index (κ3) is 4.15. The smallest absolute Gasteiger partial charge is 0.283 e. The minimum Gasteiger partial charge on any atom is -0.283 e. The summed E-state index contributed by atoms with van der Waals surface area (Å²) in [4.78, 5) is 13.8. The minimum atomic E-state index is -3.45. The van der Waals surface area contributed by atoms with Crippen LogP contribution in [0.5, 0.6) is 0 Å². The number of amides is 1. The van der Waals surface area contributed by atoms with E-state index >= 15 is 0 Å². The Balaban J connectivity index is 1.78. The maximum Gasteiger partial charge on any atom is 0.284 e. The fraction of sp³-hybridized carbons (Fsp3) is 0.182. The lowest BCUT2D eigenvalue weighted by molar-refractivity contribution is 0.0716. The molecule has 4 rings (SSSR count). The van der Waals surface area contributed by atoms with Gasteiger partial charge in [0.1, 0.15) is 0 Å². The van der Waals surface area contributed by atoms with Crippen molar-refractivity contribution in [2.45, 2.75) is 19.4 Å². The zero-order valence-electron chi connectivity index (χ0n) is 16.6. The highest BCUT2D eigenvalue weighted by molar-refractivity contribution is 7.92. The van der Waals surface area contributed by atoms with Crippen LogP contribution in [-0.4, -0.2) is 31.3 Å². The van der Waals surface area contributed by atoms with E-state index in [0.717, 1.165) is 17.4 Å². The quantitative estimate of drug-likeness (QED) is 0.639. The number of benzene rings is 2. The van der Waals surface area contributed by atoms with Gasteiger partial charge in [-0.25, -0.2) is 13.4 Å². The predicted octanol–water partition coefficient (Wildman–Crippen LogP) is 4.42. The van der Waals surface area contributed by atoms with E-state index < -0.39 is 10.0 Å². The van der Waals surface area contributed by atoms with Crippen LogP contribution < -0.4 is 4.72 Å². The maximum atomic E-state index is 13.2. The molecule has 0 saturated heterocycles. The summed E-state index contributed by atoms with van der Waals surface area (Å²) in [5.74, 6) is -0.165. The number of rotatable bonds is 5. The van der Waals surface area contributed by atoms with E-state index in [1.54, 1.807) is 18.2 Å². The summed E-state index contributed by atoms with van der Waals surface area (Å²) >= 11 is 1.38. The van der Waals surface area contributed by atoms with Gasteiger partial charge in [0.15, 0.2) is 0 Å². The normalized spacial score (nSPS) is 16.4. The van der Waals surface area contributed by atoms with Gasteiger partial charge in [-0.15, -0.1) is 11.3 Å². The molecule has 2 aromatic carbocycles. The lowest BCUT2D eigenvalue weighted by Crippen LogP contribution is -2.26. The van der Waals surface area contributed by atoms with Gasteiger partial charge >= 0.3 is 0 Å². The van der Waals surface area contributed by atoms with Gasteiger partial charge in [0.2, 0.25) is 10.0 Å². The molecular formula is C22H21N3O3S2. The number of carbonyl (C=O) groups excluding carboxylic acids is 1. The molecule has 0 bridgehead atoms. The summed E-state index contributed by atoms with van der Waals surface area (Å²) in [5.41, 5.74) is 3.88. The first kappa shape index (κ1) is 20.3. The van der Waals surface area contributed by atoms with Crippen molar-refractivity contribution in [1.29, 1.82) is 0 Å². The van der Waals surface area contributed by atoms with Gasteiger partial charge in [-0.2, -0.15) is 5.10 Å². The van der Waals surface area contributed by atoms with E-state index in [4.69, 9.17) is 0 Å². The number of thiophene rings is 1. The molecule has 1 amide bonds. The van der Waals surface area contributed by atoms with Gasteiger partial charge in [0.25, 0.3) is 5.91 Å². The molecular weight excluding hydrogens is 418 g/mol. The van der Waals surface area contributed by atoms with Crippen LogP contribution in [0.15, 0.2) is 71.1 Å². The Kier molecular flexibility index (Phi) is 5.44. The van der Waals surface area contributed by atoms with E-state index in [9.17, 15) is 13.2 Å². The molecule has 2 heterocycles. The van der Waals surface area contributed by atoms with Crippen LogP contribution in [0.25, 0.3) is 0 Å². The van der Waals surface area contributed by atoms with Gasteiger partial charge in [-0.05, 0) is 35.6 Å². The molecule has 0 aliphatic carbocycles. The van der Waals surface area contributed by atoms with Crippen LogP contribution in [0.3, 0.4) is 0 Å². The lowest BCUT2D eigenvalue weighted by atomic mass is 9.95. The second-order valence-electron chi connectivity index (χ2n) is 7.17. The summed E-state index contributed by atoms with van der Waals surface area (Å²) < 4.78 is 26.2. The standard InChI is InChI=1S/C22H21N3O3S2/c1-15-8-3-4-9-16(15)20-14-19(23-25(20)22(26)21-12-7-13-29-21)17-10-5-6-11-18(17)24-30(2,27)28/h3-13,20,24H,14H2,1-2H3/t20-/m1/s1. The maximum absolute atomic E-state index is 13.2. The Morgan fingerprint density at radius 1 is 1.10 bits per heavy atom. The third-order valence-electron chi connectivity index (χ3n) is 4.93. The molecule has 0 spiro atoms. The molecule has 30 heavy (non-hydrogen) atoms. The molecule has 1 aliphatic heterocycles.